The Morgan fingerprint density at radius 3 is 1.94 bits per heavy atom. The first kappa shape index (κ1) is 22.1. The van der Waals surface area contributed by atoms with Crippen LogP contribution >= 0.6 is 0 Å². The number of hydrogen-bond acceptors (Lipinski definition) is 6. The third kappa shape index (κ3) is 5.98. The molecule has 3 aromatic rings. The van der Waals surface area contributed by atoms with Crippen LogP contribution in [0.3, 0.4) is 0 Å². The molecule has 33 heavy (non-hydrogen) atoms. The first-order valence-electron chi connectivity index (χ1n) is 10.6. The molecule has 168 valence electrons. The Labute approximate surface area is 191 Å². The normalized spacial score (nSPS) is 13.2. The molecular weight excluding hydrogens is 422 g/mol. The quantitative estimate of drug-likeness (QED) is 0.463. The van der Waals surface area contributed by atoms with Gasteiger partial charge in [0.2, 0.25) is 0 Å². The monoisotopic (exact) mass is 445 g/mol. The van der Waals surface area contributed by atoms with Crippen LogP contribution in [-0.2, 0) is 38.9 Å². The maximum absolute atomic E-state index is 12.4. The predicted octanol–water partition coefficient (Wildman–Crippen LogP) is 3.99. The summed E-state index contributed by atoms with van der Waals surface area (Å²) in [5.41, 5.74) is 2.55. The lowest BCUT2D eigenvalue weighted by atomic mass is 10.1. The van der Waals surface area contributed by atoms with Crippen molar-refractivity contribution in [3.05, 3.63) is 95.6 Å². The van der Waals surface area contributed by atoms with E-state index >= 15 is 0 Å². The zero-order valence-corrected chi connectivity index (χ0v) is 17.9. The van der Waals surface area contributed by atoms with Crippen LogP contribution in [0.25, 0.3) is 0 Å². The Morgan fingerprint density at radius 2 is 1.33 bits per heavy atom. The third-order valence-corrected chi connectivity index (χ3v) is 5.06. The molecule has 0 bridgehead atoms. The van der Waals surface area contributed by atoms with Crippen molar-refractivity contribution in [1.29, 1.82) is 0 Å². The molecule has 1 aliphatic heterocycles. The van der Waals surface area contributed by atoms with E-state index < -0.39 is 17.8 Å². The Balaban J connectivity index is 1.48. The van der Waals surface area contributed by atoms with Gasteiger partial charge in [0.15, 0.2) is 0 Å². The zero-order chi connectivity index (χ0) is 23.0. The van der Waals surface area contributed by atoms with Gasteiger partial charge in [0, 0.05) is 24.5 Å². The second kappa shape index (κ2) is 10.5. The van der Waals surface area contributed by atoms with Crippen LogP contribution in [0.2, 0.25) is 0 Å². The molecule has 7 nitrogen and oxygen atoms in total. The molecule has 1 saturated heterocycles. The minimum absolute atomic E-state index is 0.0466. The molecular formula is C26H23NO6. The fourth-order valence-corrected chi connectivity index (χ4v) is 3.33. The molecule has 1 fully saturated rings. The fraction of sp³-hybridized carbons (Fsp3) is 0.192. The lowest BCUT2D eigenvalue weighted by Gasteiger charge is -2.16. The molecule has 1 heterocycles. The first-order chi connectivity index (χ1) is 16.1. The van der Waals surface area contributed by atoms with Crippen molar-refractivity contribution in [2.24, 2.45) is 0 Å². The van der Waals surface area contributed by atoms with Crippen LogP contribution in [0.1, 0.15) is 29.5 Å². The number of hydroxylamine groups is 2. The molecule has 0 atom stereocenters. The molecule has 0 aliphatic carbocycles. The van der Waals surface area contributed by atoms with Crippen molar-refractivity contribution >= 4 is 17.8 Å². The molecule has 0 unspecified atom stereocenters. The van der Waals surface area contributed by atoms with E-state index in [4.69, 9.17) is 14.3 Å². The molecule has 0 radical (unpaired) electrons. The summed E-state index contributed by atoms with van der Waals surface area (Å²) in [6.45, 7) is 0.688. The van der Waals surface area contributed by atoms with Gasteiger partial charge in [0.25, 0.3) is 11.8 Å². The van der Waals surface area contributed by atoms with Crippen LogP contribution in [-0.4, -0.2) is 22.8 Å². The maximum atomic E-state index is 12.4. The van der Waals surface area contributed by atoms with Gasteiger partial charge in [-0.1, -0.05) is 66.7 Å². The summed E-state index contributed by atoms with van der Waals surface area (Å²) < 4.78 is 11.9. The lowest BCUT2D eigenvalue weighted by molar-refractivity contribution is -0.197. The second-order valence-electron chi connectivity index (χ2n) is 7.54. The fourth-order valence-electron chi connectivity index (χ4n) is 3.33. The molecule has 7 heteroatoms. The van der Waals surface area contributed by atoms with Gasteiger partial charge >= 0.3 is 5.97 Å². The van der Waals surface area contributed by atoms with Crippen molar-refractivity contribution in [3.63, 3.8) is 0 Å². The van der Waals surface area contributed by atoms with Crippen molar-refractivity contribution in [1.82, 2.24) is 5.06 Å². The summed E-state index contributed by atoms with van der Waals surface area (Å²) in [4.78, 5) is 40.9. The van der Waals surface area contributed by atoms with Crippen molar-refractivity contribution < 1.29 is 28.7 Å². The van der Waals surface area contributed by atoms with Gasteiger partial charge in [0.05, 0.1) is 6.42 Å². The average molecular weight is 445 g/mol. The predicted molar refractivity (Wildman–Crippen MR) is 119 cm³/mol. The van der Waals surface area contributed by atoms with Gasteiger partial charge in [-0.2, -0.15) is 0 Å². The topological polar surface area (TPSA) is 82.1 Å². The standard InChI is InChI=1S/C26H23NO6/c28-24-13-14-25(29)27(24)33-26(30)15-21-11-12-22(31-17-19-7-3-1-4-8-19)16-23(21)32-18-20-9-5-2-6-10-20/h1-12,16H,13-15,17-18H2. The van der Waals surface area contributed by atoms with E-state index in [9.17, 15) is 14.4 Å². The summed E-state index contributed by atoms with van der Waals surface area (Å²) >= 11 is 0. The summed E-state index contributed by atoms with van der Waals surface area (Å²) in [5.74, 6) is -0.706. The smallest absolute Gasteiger partial charge is 0.337 e. The third-order valence-electron chi connectivity index (χ3n) is 5.06. The second-order valence-corrected chi connectivity index (χ2v) is 7.54. The average Bonchev–Trinajstić information content (AvgIpc) is 3.15. The van der Waals surface area contributed by atoms with E-state index in [0.29, 0.717) is 35.3 Å². The van der Waals surface area contributed by atoms with E-state index in [0.717, 1.165) is 11.1 Å². The van der Waals surface area contributed by atoms with Crippen LogP contribution in [0.5, 0.6) is 11.5 Å². The summed E-state index contributed by atoms with van der Waals surface area (Å²) in [7, 11) is 0. The minimum atomic E-state index is -0.721. The highest BCUT2D eigenvalue weighted by atomic mass is 16.7. The van der Waals surface area contributed by atoms with Gasteiger partial charge in [-0.3, -0.25) is 9.59 Å². The zero-order valence-electron chi connectivity index (χ0n) is 17.9. The Kier molecular flexibility index (Phi) is 6.99. The largest absolute Gasteiger partial charge is 0.489 e. The molecule has 0 aromatic heterocycles. The van der Waals surface area contributed by atoms with E-state index in [1.165, 1.54) is 0 Å². The number of amides is 2. The molecule has 0 spiro atoms. The molecule has 0 N–H and O–H groups in total. The first-order valence-corrected chi connectivity index (χ1v) is 10.6. The number of benzene rings is 3. The Bertz CT molecular complexity index is 1110. The van der Waals surface area contributed by atoms with Crippen LogP contribution in [0.4, 0.5) is 0 Å². The van der Waals surface area contributed by atoms with Gasteiger partial charge in [-0.15, -0.1) is 5.06 Å². The molecule has 2 amide bonds. The van der Waals surface area contributed by atoms with Crippen molar-refractivity contribution in [2.75, 3.05) is 0 Å². The van der Waals surface area contributed by atoms with Gasteiger partial charge < -0.3 is 14.3 Å². The number of ether oxygens (including phenoxy) is 2. The minimum Gasteiger partial charge on any atom is -0.489 e. The van der Waals surface area contributed by atoms with Gasteiger partial charge in [-0.05, 0) is 17.2 Å². The lowest BCUT2D eigenvalue weighted by Crippen LogP contribution is -2.32. The van der Waals surface area contributed by atoms with Crippen LogP contribution < -0.4 is 9.47 Å². The van der Waals surface area contributed by atoms with Crippen molar-refractivity contribution in [3.8, 4) is 11.5 Å². The molecule has 1 aliphatic rings. The van der Waals surface area contributed by atoms with Gasteiger partial charge in [-0.25, -0.2) is 4.79 Å². The van der Waals surface area contributed by atoms with E-state index in [1.54, 1.807) is 18.2 Å². The number of hydrogen-bond donors (Lipinski definition) is 0. The van der Waals surface area contributed by atoms with Crippen molar-refractivity contribution in [2.45, 2.75) is 32.5 Å². The molecule has 3 aromatic carbocycles. The number of imide groups is 1. The highest BCUT2D eigenvalue weighted by Gasteiger charge is 2.33. The molecule has 4 rings (SSSR count). The summed E-state index contributed by atoms with van der Waals surface area (Å²) in [6.07, 6.45) is -0.0733. The van der Waals surface area contributed by atoms with E-state index in [1.807, 2.05) is 60.7 Å². The Hall–Kier alpha value is -4.13. The van der Waals surface area contributed by atoms with Crippen LogP contribution in [0.15, 0.2) is 78.9 Å². The summed E-state index contributed by atoms with van der Waals surface area (Å²) in [6, 6.07) is 24.6. The van der Waals surface area contributed by atoms with E-state index in [-0.39, 0.29) is 19.3 Å². The number of nitrogens with zero attached hydrogens (tertiary/aromatic N) is 1. The molecule has 0 saturated carbocycles. The van der Waals surface area contributed by atoms with E-state index in [2.05, 4.69) is 0 Å². The maximum Gasteiger partial charge on any atom is 0.337 e. The van der Waals surface area contributed by atoms with Crippen LogP contribution in [0, 0.1) is 0 Å². The number of rotatable bonds is 9. The SMILES string of the molecule is O=C(Cc1ccc(OCc2ccccc2)cc1OCc1ccccc1)ON1C(=O)CCC1=O. The summed E-state index contributed by atoms with van der Waals surface area (Å²) in [5, 5.41) is 0.546. The highest BCUT2D eigenvalue weighted by molar-refractivity contribution is 6.01. The number of carbonyl (C=O) groups excluding carboxylic acids is 3. The Morgan fingerprint density at radius 1 is 0.758 bits per heavy atom. The number of carbonyl (C=O) groups is 3. The highest BCUT2D eigenvalue weighted by Crippen LogP contribution is 2.28. The van der Waals surface area contributed by atoms with Gasteiger partial charge in [0.1, 0.15) is 24.7 Å².